The standard InChI is InChI=1S/C27H26BN3O3/c1-3-19(10-9-18(2)34-28)15-24-27(33)31-17-25(21-11-13-22(32)14-12-21)29-23(26(31)30-24)16-20-7-5-4-6-8-20/h3-14,17,29,32H,1,15-16,28H2,2H3/b18-9+,19-10+. The third-order valence-corrected chi connectivity index (χ3v) is 5.64. The van der Waals surface area contributed by atoms with Gasteiger partial charge in [-0.3, -0.25) is 9.36 Å². The molecule has 2 aromatic rings. The van der Waals surface area contributed by atoms with Crippen LogP contribution in [0.5, 0.6) is 5.75 Å². The van der Waals surface area contributed by atoms with Crippen LogP contribution in [0, 0.1) is 0 Å². The summed E-state index contributed by atoms with van der Waals surface area (Å²) < 4.78 is 6.78. The van der Waals surface area contributed by atoms with Crippen LogP contribution in [0.4, 0.5) is 0 Å². The van der Waals surface area contributed by atoms with Gasteiger partial charge in [-0.2, -0.15) is 0 Å². The molecule has 170 valence electrons. The van der Waals surface area contributed by atoms with E-state index in [-0.39, 0.29) is 11.3 Å². The van der Waals surface area contributed by atoms with Crippen molar-refractivity contribution in [1.82, 2.24) is 14.5 Å². The second kappa shape index (κ2) is 10.1. The number of fused-ring (bicyclic) bond motifs is 1. The van der Waals surface area contributed by atoms with E-state index in [1.807, 2.05) is 61.5 Å². The van der Waals surface area contributed by atoms with Crippen LogP contribution in [-0.4, -0.2) is 27.7 Å². The fourth-order valence-corrected chi connectivity index (χ4v) is 3.69. The van der Waals surface area contributed by atoms with Crippen LogP contribution >= 0.6 is 0 Å². The fraction of sp³-hybridized carbons (Fsp3) is 0.111. The lowest BCUT2D eigenvalue weighted by molar-refractivity contribution is 0.473. The van der Waals surface area contributed by atoms with Crippen molar-refractivity contribution in [2.45, 2.75) is 19.8 Å². The van der Waals surface area contributed by atoms with Crippen LogP contribution in [0.15, 0.2) is 102 Å². The van der Waals surface area contributed by atoms with Crippen LogP contribution in [0.1, 0.15) is 23.9 Å². The Morgan fingerprint density at radius 1 is 1.18 bits per heavy atom. The molecule has 0 amide bonds. The molecule has 4 rings (SSSR count). The third kappa shape index (κ3) is 5.04. The maximum atomic E-state index is 13.4. The molecule has 0 aromatic heterocycles. The number of phenolic OH excluding ortho intramolecular Hbond substituents is 1. The molecule has 0 saturated heterocycles. The highest BCUT2D eigenvalue weighted by Gasteiger charge is 2.20. The van der Waals surface area contributed by atoms with Crippen molar-refractivity contribution in [2.75, 3.05) is 0 Å². The molecule has 34 heavy (non-hydrogen) atoms. The van der Waals surface area contributed by atoms with Gasteiger partial charge in [0, 0.05) is 19.0 Å². The first-order chi connectivity index (χ1) is 16.5. The Labute approximate surface area is 199 Å². The van der Waals surface area contributed by atoms with Gasteiger partial charge < -0.3 is 14.7 Å². The van der Waals surface area contributed by atoms with Crippen molar-refractivity contribution in [3.05, 3.63) is 124 Å². The third-order valence-electron chi connectivity index (χ3n) is 5.64. The summed E-state index contributed by atoms with van der Waals surface area (Å²) in [6.07, 6.45) is 8.16. The largest absolute Gasteiger partial charge is 0.571 e. The summed E-state index contributed by atoms with van der Waals surface area (Å²) in [6.45, 7) is 5.74. The molecule has 0 saturated carbocycles. The molecule has 0 spiro atoms. The van der Waals surface area contributed by atoms with E-state index in [1.54, 1.807) is 37.0 Å². The molecule has 0 atom stereocenters. The van der Waals surface area contributed by atoms with Gasteiger partial charge in [0.1, 0.15) is 11.4 Å². The minimum Gasteiger partial charge on any atom is -0.571 e. The van der Waals surface area contributed by atoms with Crippen molar-refractivity contribution in [3.8, 4) is 22.8 Å². The van der Waals surface area contributed by atoms with Crippen LogP contribution in [-0.2, 0) is 17.5 Å². The van der Waals surface area contributed by atoms with Crippen molar-refractivity contribution in [2.24, 2.45) is 0 Å². The van der Waals surface area contributed by atoms with Crippen molar-refractivity contribution in [3.63, 3.8) is 0 Å². The van der Waals surface area contributed by atoms with Gasteiger partial charge in [0.25, 0.3) is 5.56 Å². The van der Waals surface area contributed by atoms with Gasteiger partial charge in [0.2, 0.25) is 0 Å². The molecule has 0 radical (unpaired) electrons. The highest BCUT2D eigenvalue weighted by molar-refractivity contribution is 5.98. The predicted octanol–water partition coefficient (Wildman–Crippen LogP) is 4.09. The first-order valence-corrected chi connectivity index (χ1v) is 11.0. The van der Waals surface area contributed by atoms with Gasteiger partial charge in [0.05, 0.1) is 17.1 Å². The van der Waals surface area contributed by atoms with Crippen LogP contribution < -0.4 is 5.56 Å². The normalized spacial score (nSPS) is 12.1. The Kier molecular flexibility index (Phi) is 6.83. The second-order valence-corrected chi connectivity index (χ2v) is 8.02. The van der Waals surface area contributed by atoms with Gasteiger partial charge in [-0.1, -0.05) is 49.1 Å². The van der Waals surface area contributed by atoms with Gasteiger partial charge >= 0.3 is 8.05 Å². The average molecular weight is 451 g/mol. The van der Waals surface area contributed by atoms with Gasteiger partial charge in [0.15, 0.2) is 5.82 Å². The van der Waals surface area contributed by atoms with E-state index >= 15 is 0 Å². The average Bonchev–Trinajstić information content (AvgIpc) is 3.18. The second-order valence-electron chi connectivity index (χ2n) is 8.02. The van der Waals surface area contributed by atoms with E-state index in [2.05, 4.69) is 11.6 Å². The number of rotatable bonds is 8. The summed E-state index contributed by atoms with van der Waals surface area (Å²) in [5, 5.41) is 9.67. The minimum atomic E-state index is -0.168. The van der Waals surface area contributed by atoms with E-state index in [0.29, 0.717) is 24.4 Å². The molecule has 0 aliphatic carbocycles. The van der Waals surface area contributed by atoms with Crippen LogP contribution in [0.3, 0.4) is 0 Å². The Hall–Kier alpha value is -4.26. The zero-order chi connectivity index (χ0) is 24.1. The van der Waals surface area contributed by atoms with E-state index in [4.69, 9.17) is 9.64 Å². The summed E-state index contributed by atoms with van der Waals surface area (Å²) >= 11 is 0. The first-order valence-electron chi connectivity index (χ1n) is 11.0. The quantitative estimate of drug-likeness (QED) is 0.240. The number of nitrogens with zero attached hydrogens (tertiary/aromatic N) is 2. The number of H-pyrrole nitrogens is 1. The Morgan fingerprint density at radius 3 is 2.59 bits per heavy atom. The molecule has 2 aromatic carbocycles. The SMILES string of the molecule is BO/C(C)=C/C=C(\C=C)Cc1nc2c(Cc3ccccc3)[nH]c(-c3ccc(O)cc3)cn-2c1=O. The molecule has 2 aliphatic rings. The number of aromatic amines is 1. The number of hydrogen-bond acceptors (Lipinski definition) is 4. The maximum absolute atomic E-state index is 13.4. The minimum absolute atomic E-state index is 0.168. The summed E-state index contributed by atoms with van der Waals surface area (Å²) in [5.41, 5.74) is 4.70. The molecule has 0 bridgehead atoms. The molecular formula is C27H26BN3O3. The zero-order valence-corrected chi connectivity index (χ0v) is 19.3. The maximum Gasteiger partial charge on any atom is 0.321 e. The number of imidazole rings is 1. The van der Waals surface area contributed by atoms with Crippen molar-refractivity contribution >= 4 is 8.05 Å². The first kappa shape index (κ1) is 22.9. The van der Waals surface area contributed by atoms with E-state index in [9.17, 15) is 9.90 Å². The van der Waals surface area contributed by atoms with E-state index in [0.717, 1.165) is 33.8 Å². The molecular weight excluding hydrogens is 425 g/mol. The smallest absolute Gasteiger partial charge is 0.321 e. The molecule has 0 unspecified atom stereocenters. The number of aromatic nitrogens is 3. The Morgan fingerprint density at radius 2 is 1.91 bits per heavy atom. The molecule has 2 N–H and O–H groups in total. The zero-order valence-electron chi connectivity index (χ0n) is 19.3. The lowest BCUT2D eigenvalue weighted by Crippen LogP contribution is -2.17. The summed E-state index contributed by atoms with van der Waals surface area (Å²) in [5.74, 6) is 1.54. The number of benzene rings is 2. The lowest BCUT2D eigenvalue weighted by Gasteiger charge is -2.13. The monoisotopic (exact) mass is 451 g/mol. The lowest BCUT2D eigenvalue weighted by atomic mass is 10.1. The Balaban J connectivity index is 1.82. The van der Waals surface area contributed by atoms with Crippen LogP contribution in [0.2, 0.25) is 0 Å². The number of hydrogen-bond donors (Lipinski definition) is 2. The molecule has 7 heteroatoms. The number of phenols is 1. The summed E-state index contributed by atoms with van der Waals surface area (Å²) in [7, 11) is 1.61. The van der Waals surface area contributed by atoms with Crippen molar-refractivity contribution < 1.29 is 9.76 Å². The number of aromatic hydroxyl groups is 1. The fourth-order valence-electron chi connectivity index (χ4n) is 3.69. The van der Waals surface area contributed by atoms with Gasteiger partial charge in [-0.25, -0.2) is 4.98 Å². The van der Waals surface area contributed by atoms with Crippen LogP contribution in [0.25, 0.3) is 17.1 Å². The van der Waals surface area contributed by atoms with Crippen molar-refractivity contribution in [1.29, 1.82) is 0 Å². The predicted molar refractivity (Wildman–Crippen MR) is 137 cm³/mol. The highest BCUT2D eigenvalue weighted by Crippen LogP contribution is 2.25. The number of nitrogens with one attached hydrogen (secondary N) is 1. The molecule has 2 heterocycles. The van der Waals surface area contributed by atoms with E-state index in [1.165, 1.54) is 0 Å². The summed E-state index contributed by atoms with van der Waals surface area (Å²) in [6, 6.07) is 16.9. The molecule has 2 aliphatic heterocycles. The number of allylic oxidation sites excluding steroid dienone is 5. The topological polar surface area (TPSA) is 80.1 Å². The highest BCUT2D eigenvalue weighted by atomic mass is 16.4. The molecule has 0 fully saturated rings. The Bertz CT molecular complexity index is 1380. The summed E-state index contributed by atoms with van der Waals surface area (Å²) in [4.78, 5) is 21.6. The van der Waals surface area contributed by atoms with E-state index < -0.39 is 0 Å². The molecule has 6 nitrogen and oxygen atoms in total. The van der Waals surface area contributed by atoms with Gasteiger partial charge in [-0.05, 0) is 54.0 Å². The van der Waals surface area contributed by atoms with Gasteiger partial charge in [-0.15, -0.1) is 0 Å².